The summed E-state index contributed by atoms with van der Waals surface area (Å²) < 4.78 is 26.5. The number of carbonyl (C=O) groups excluding carboxylic acids is 1. The predicted octanol–water partition coefficient (Wildman–Crippen LogP) is 4.35. The van der Waals surface area contributed by atoms with Gasteiger partial charge < -0.3 is 14.8 Å². The zero-order valence-corrected chi connectivity index (χ0v) is 15.3. The van der Waals surface area contributed by atoms with Crippen LogP contribution in [0.25, 0.3) is 0 Å². The largest absolute Gasteiger partial charge is 0.485 e. The Kier molecular flexibility index (Phi) is 5.23. The Hall–Kier alpha value is -1.83. The van der Waals surface area contributed by atoms with Crippen LogP contribution in [0.2, 0.25) is 0 Å². The second kappa shape index (κ2) is 7.38. The van der Waals surface area contributed by atoms with Crippen molar-refractivity contribution < 1.29 is 18.7 Å². The Morgan fingerprint density at radius 3 is 2.83 bits per heavy atom. The lowest BCUT2D eigenvalue weighted by Gasteiger charge is -2.16. The summed E-state index contributed by atoms with van der Waals surface area (Å²) >= 11 is 2.05. The number of ether oxygens (including phenoxy) is 2. The molecule has 4 nitrogen and oxygen atoms in total. The van der Waals surface area contributed by atoms with Crippen molar-refractivity contribution in [3.8, 4) is 5.75 Å². The van der Waals surface area contributed by atoms with E-state index in [0.717, 1.165) is 11.1 Å². The first kappa shape index (κ1) is 17.0. The minimum absolute atomic E-state index is 0.263. The molecule has 6 heteroatoms. The molecule has 1 aliphatic rings. The highest BCUT2D eigenvalue weighted by Crippen LogP contribution is 2.41. The van der Waals surface area contributed by atoms with Crippen LogP contribution < -0.4 is 10.1 Å². The fourth-order valence-corrected chi connectivity index (χ4v) is 3.53. The summed E-state index contributed by atoms with van der Waals surface area (Å²) in [7, 11) is 1.50. The average molecular weight is 441 g/mol. The number of carbonyl (C=O) groups is 1. The van der Waals surface area contributed by atoms with Crippen LogP contribution in [0.3, 0.4) is 0 Å². The molecule has 0 heterocycles. The molecule has 0 saturated heterocycles. The van der Waals surface area contributed by atoms with E-state index in [0.29, 0.717) is 28.6 Å². The number of halogens is 2. The topological polar surface area (TPSA) is 47.6 Å². The van der Waals surface area contributed by atoms with Crippen molar-refractivity contribution in [1.82, 2.24) is 5.32 Å². The lowest BCUT2D eigenvalue weighted by molar-refractivity contribution is 0.100. The van der Waals surface area contributed by atoms with Crippen molar-refractivity contribution in [2.24, 2.45) is 0 Å². The molecule has 24 heavy (non-hydrogen) atoms. The van der Waals surface area contributed by atoms with Gasteiger partial charge in [-0.1, -0.05) is 30.3 Å². The molecule has 0 fully saturated rings. The third kappa shape index (κ3) is 3.48. The normalized spacial score (nSPS) is 15.7. The number of fused-ring (bicyclic) bond motifs is 1. The van der Waals surface area contributed by atoms with Crippen molar-refractivity contribution in [3.63, 3.8) is 0 Å². The summed E-state index contributed by atoms with van der Waals surface area (Å²) in [5.41, 5.74) is 2.29. The van der Waals surface area contributed by atoms with Crippen molar-refractivity contribution in [3.05, 3.63) is 62.5 Å². The molecule has 1 unspecified atom stereocenters. The first-order valence-electron chi connectivity index (χ1n) is 7.66. The highest BCUT2D eigenvalue weighted by Gasteiger charge is 2.31. The standard InChI is InChI=1S/C18H17FINO3/c1-21-18(22)24-15-8-7-12-13(15)9-14(20)17(16(12)19)23-10-11-5-3-2-4-6-11/h2-6,9,15H,7-8,10H2,1H3,(H,21,22). The minimum atomic E-state index is -0.507. The molecule has 0 aliphatic heterocycles. The quantitative estimate of drug-likeness (QED) is 0.718. The Morgan fingerprint density at radius 1 is 1.38 bits per heavy atom. The Labute approximate surface area is 153 Å². The molecule has 3 rings (SSSR count). The van der Waals surface area contributed by atoms with Crippen molar-refractivity contribution in [1.29, 1.82) is 0 Å². The van der Waals surface area contributed by atoms with Gasteiger partial charge in [-0.2, -0.15) is 0 Å². The van der Waals surface area contributed by atoms with Gasteiger partial charge in [0.25, 0.3) is 0 Å². The van der Waals surface area contributed by atoms with E-state index in [1.165, 1.54) is 7.05 Å². The van der Waals surface area contributed by atoms with Crippen molar-refractivity contribution in [2.75, 3.05) is 7.05 Å². The molecule has 0 saturated carbocycles. The Balaban J connectivity index is 1.82. The van der Waals surface area contributed by atoms with Crippen LogP contribution in [0.15, 0.2) is 36.4 Å². The molecule has 126 valence electrons. The second-order valence-electron chi connectivity index (χ2n) is 5.53. The van der Waals surface area contributed by atoms with Crippen LogP contribution in [0.5, 0.6) is 5.75 Å². The van der Waals surface area contributed by atoms with E-state index >= 15 is 0 Å². The van der Waals surface area contributed by atoms with Crippen LogP contribution in [0.4, 0.5) is 9.18 Å². The monoisotopic (exact) mass is 441 g/mol. The number of benzene rings is 2. The van der Waals surface area contributed by atoms with Crippen LogP contribution in [-0.2, 0) is 17.8 Å². The molecule has 1 N–H and O–H groups in total. The maximum absolute atomic E-state index is 14.8. The average Bonchev–Trinajstić information content (AvgIpc) is 2.98. The zero-order chi connectivity index (χ0) is 17.1. The van der Waals surface area contributed by atoms with Gasteiger partial charge >= 0.3 is 6.09 Å². The van der Waals surface area contributed by atoms with Gasteiger partial charge in [0, 0.05) is 7.05 Å². The highest BCUT2D eigenvalue weighted by atomic mass is 127. The van der Waals surface area contributed by atoms with Gasteiger partial charge in [0.15, 0.2) is 11.6 Å². The minimum Gasteiger partial charge on any atom is -0.485 e. The first-order chi connectivity index (χ1) is 11.6. The number of hydrogen-bond acceptors (Lipinski definition) is 3. The molecule has 2 aromatic rings. The van der Waals surface area contributed by atoms with E-state index < -0.39 is 12.2 Å². The SMILES string of the molecule is CNC(=O)OC1CCc2c1cc(I)c(OCc1ccccc1)c2F. The number of nitrogens with one attached hydrogen (secondary N) is 1. The van der Waals surface area contributed by atoms with Crippen molar-refractivity contribution >= 4 is 28.7 Å². The van der Waals surface area contributed by atoms with E-state index in [2.05, 4.69) is 27.9 Å². The molecule has 0 radical (unpaired) electrons. The smallest absolute Gasteiger partial charge is 0.407 e. The van der Waals surface area contributed by atoms with E-state index in [-0.39, 0.29) is 11.6 Å². The number of hydrogen-bond donors (Lipinski definition) is 1. The van der Waals surface area contributed by atoms with Crippen LogP contribution in [0.1, 0.15) is 29.2 Å². The maximum Gasteiger partial charge on any atom is 0.407 e. The van der Waals surface area contributed by atoms with Gasteiger partial charge in [0.05, 0.1) is 3.57 Å². The molecular weight excluding hydrogens is 424 g/mol. The molecule has 1 amide bonds. The lowest BCUT2D eigenvalue weighted by atomic mass is 10.1. The van der Waals surface area contributed by atoms with Crippen LogP contribution in [-0.4, -0.2) is 13.1 Å². The van der Waals surface area contributed by atoms with E-state index in [1.54, 1.807) is 0 Å². The molecule has 2 aromatic carbocycles. The van der Waals surface area contributed by atoms with Crippen LogP contribution >= 0.6 is 22.6 Å². The summed E-state index contributed by atoms with van der Waals surface area (Å²) in [6.07, 6.45) is 0.193. The summed E-state index contributed by atoms with van der Waals surface area (Å²) in [6, 6.07) is 11.5. The van der Waals surface area contributed by atoms with E-state index in [9.17, 15) is 9.18 Å². The molecule has 0 aromatic heterocycles. The number of rotatable bonds is 4. The third-order valence-corrected chi connectivity index (χ3v) is 4.80. The predicted molar refractivity (Wildman–Crippen MR) is 96.5 cm³/mol. The van der Waals surface area contributed by atoms with Gasteiger partial charge in [-0.25, -0.2) is 9.18 Å². The first-order valence-corrected chi connectivity index (χ1v) is 8.74. The lowest BCUT2D eigenvalue weighted by Crippen LogP contribution is -2.21. The number of amides is 1. The fourth-order valence-electron chi connectivity index (χ4n) is 2.80. The van der Waals surface area contributed by atoms with Gasteiger partial charge in [-0.3, -0.25) is 0 Å². The third-order valence-electron chi connectivity index (χ3n) is 3.99. The van der Waals surface area contributed by atoms with Crippen LogP contribution in [0, 0.1) is 9.39 Å². The molecule has 1 atom stereocenters. The highest BCUT2D eigenvalue weighted by molar-refractivity contribution is 14.1. The summed E-state index contributed by atoms with van der Waals surface area (Å²) in [6.45, 7) is 0.310. The van der Waals surface area contributed by atoms with E-state index in [4.69, 9.17) is 9.47 Å². The molecule has 0 bridgehead atoms. The van der Waals surface area contributed by atoms with E-state index in [1.807, 2.05) is 36.4 Å². The number of alkyl carbamates (subject to hydrolysis) is 1. The zero-order valence-electron chi connectivity index (χ0n) is 13.1. The van der Waals surface area contributed by atoms with Gasteiger partial charge in [-0.05, 0) is 58.2 Å². The van der Waals surface area contributed by atoms with Gasteiger partial charge in [0.2, 0.25) is 0 Å². The van der Waals surface area contributed by atoms with Crippen molar-refractivity contribution in [2.45, 2.75) is 25.6 Å². The summed E-state index contributed by atoms with van der Waals surface area (Å²) in [5.74, 6) is -0.0883. The molecule has 0 spiro atoms. The molecule has 1 aliphatic carbocycles. The molecular formula is C18H17FINO3. The Morgan fingerprint density at radius 2 is 2.12 bits per heavy atom. The summed E-state index contributed by atoms with van der Waals surface area (Å²) in [4.78, 5) is 11.4. The Bertz CT molecular complexity index is 752. The fraction of sp³-hybridized carbons (Fsp3) is 0.278. The second-order valence-corrected chi connectivity index (χ2v) is 6.69. The summed E-state index contributed by atoms with van der Waals surface area (Å²) in [5, 5.41) is 2.42. The van der Waals surface area contributed by atoms with Gasteiger partial charge in [0.1, 0.15) is 12.7 Å². The van der Waals surface area contributed by atoms with Gasteiger partial charge in [-0.15, -0.1) is 0 Å². The maximum atomic E-state index is 14.8.